The Morgan fingerprint density at radius 3 is 2.76 bits per heavy atom. The molecule has 0 aromatic rings. The van der Waals surface area contributed by atoms with Crippen LogP contribution in [0.15, 0.2) is 0 Å². The van der Waals surface area contributed by atoms with Crippen molar-refractivity contribution < 1.29 is 18.0 Å². The number of carbonyl (C=O) groups is 2. The number of hydrogen-bond donors (Lipinski definition) is 2. The Hall–Kier alpha value is -1.11. The summed E-state index contributed by atoms with van der Waals surface area (Å²) in [5.74, 6) is -0.245. The molecule has 0 radical (unpaired) electrons. The van der Waals surface area contributed by atoms with Crippen LogP contribution in [-0.4, -0.2) is 45.3 Å². The Balaban J connectivity index is 2.19. The molecular formula is C10H18N2O4S. The molecule has 1 aliphatic heterocycles. The molecule has 0 bridgehead atoms. The summed E-state index contributed by atoms with van der Waals surface area (Å²) in [5.41, 5.74) is 0. The molecule has 0 saturated carbocycles. The number of piperidine rings is 1. The van der Waals surface area contributed by atoms with E-state index >= 15 is 0 Å². The van der Waals surface area contributed by atoms with Crippen molar-refractivity contribution in [1.29, 1.82) is 0 Å². The maximum atomic E-state index is 11.6. The first-order valence-corrected chi connectivity index (χ1v) is 7.66. The third kappa shape index (κ3) is 5.67. The molecule has 1 heterocycles. The minimum Gasteiger partial charge on any atom is -0.356 e. The van der Waals surface area contributed by atoms with Crippen molar-refractivity contribution in [2.24, 2.45) is 5.92 Å². The molecule has 17 heavy (non-hydrogen) atoms. The predicted octanol–water partition coefficient (Wildman–Crippen LogP) is -0.936. The van der Waals surface area contributed by atoms with Crippen molar-refractivity contribution in [3.8, 4) is 0 Å². The minimum atomic E-state index is -2.96. The van der Waals surface area contributed by atoms with E-state index in [0.29, 0.717) is 32.4 Å². The molecule has 1 saturated heterocycles. The van der Waals surface area contributed by atoms with Crippen molar-refractivity contribution >= 4 is 21.7 Å². The Bertz CT molecular complexity index is 381. The van der Waals surface area contributed by atoms with Crippen LogP contribution in [0.3, 0.4) is 0 Å². The van der Waals surface area contributed by atoms with Crippen LogP contribution in [0.1, 0.15) is 19.3 Å². The zero-order valence-corrected chi connectivity index (χ0v) is 10.7. The smallest absolute Gasteiger partial charge is 0.224 e. The zero-order chi connectivity index (χ0) is 12.9. The number of nitrogens with one attached hydrogen (secondary N) is 2. The highest BCUT2D eigenvalue weighted by atomic mass is 32.2. The van der Waals surface area contributed by atoms with E-state index in [4.69, 9.17) is 0 Å². The van der Waals surface area contributed by atoms with Crippen molar-refractivity contribution in [3.05, 3.63) is 0 Å². The van der Waals surface area contributed by atoms with Gasteiger partial charge in [0.2, 0.25) is 11.8 Å². The van der Waals surface area contributed by atoms with Gasteiger partial charge in [-0.2, -0.15) is 0 Å². The average Bonchev–Trinajstić information content (AvgIpc) is 2.24. The Labute approximate surface area is 101 Å². The average molecular weight is 262 g/mol. The molecule has 1 atom stereocenters. The summed E-state index contributed by atoms with van der Waals surface area (Å²) < 4.78 is 21.7. The first-order valence-electron chi connectivity index (χ1n) is 5.60. The van der Waals surface area contributed by atoms with Crippen molar-refractivity contribution in [2.75, 3.05) is 25.1 Å². The summed E-state index contributed by atoms with van der Waals surface area (Å²) in [4.78, 5) is 22.5. The number of hydrogen-bond acceptors (Lipinski definition) is 4. The van der Waals surface area contributed by atoms with Crippen molar-refractivity contribution in [1.82, 2.24) is 10.6 Å². The summed E-state index contributed by atoms with van der Waals surface area (Å²) in [6, 6.07) is 0. The summed E-state index contributed by atoms with van der Waals surface area (Å²) in [5, 5.41) is 5.32. The van der Waals surface area contributed by atoms with Gasteiger partial charge in [-0.1, -0.05) is 0 Å². The third-order valence-electron chi connectivity index (χ3n) is 2.63. The second kappa shape index (κ2) is 6.00. The lowest BCUT2D eigenvalue weighted by Crippen LogP contribution is -2.43. The van der Waals surface area contributed by atoms with Crippen LogP contribution in [0.2, 0.25) is 0 Å². The fourth-order valence-corrected chi connectivity index (χ4v) is 2.32. The Morgan fingerprint density at radius 2 is 2.24 bits per heavy atom. The van der Waals surface area contributed by atoms with Crippen LogP contribution in [-0.2, 0) is 19.4 Å². The molecule has 6 nitrogen and oxygen atoms in total. The highest BCUT2D eigenvalue weighted by Crippen LogP contribution is 2.10. The first kappa shape index (κ1) is 14.0. The first-order chi connectivity index (χ1) is 7.88. The van der Waals surface area contributed by atoms with E-state index in [1.807, 2.05) is 0 Å². The number of rotatable bonds is 5. The molecule has 0 aromatic heterocycles. The number of carbonyl (C=O) groups excluding carboxylic acids is 2. The predicted molar refractivity (Wildman–Crippen MR) is 63.1 cm³/mol. The highest BCUT2D eigenvalue weighted by molar-refractivity contribution is 7.90. The lowest BCUT2D eigenvalue weighted by Gasteiger charge is -2.21. The van der Waals surface area contributed by atoms with Crippen LogP contribution in [0, 0.1) is 5.92 Å². The number of sulfone groups is 1. The van der Waals surface area contributed by atoms with Gasteiger partial charge in [-0.15, -0.1) is 0 Å². The molecule has 7 heteroatoms. The fourth-order valence-electron chi connectivity index (χ4n) is 1.65. The summed E-state index contributed by atoms with van der Waals surface area (Å²) >= 11 is 0. The molecule has 2 N–H and O–H groups in total. The van der Waals surface area contributed by atoms with Crippen LogP contribution in [0.4, 0.5) is 0 Å². The van der Waals surface area contributed by atoms with Gasteiger partial charge in [0.1, 0.15) is 9.84 Å². The molecule has 2 amide bonds. The molecule has 1 rings (SSSR count). The van der Waals surface area contributed by atoms with Gasteiger partial charge in [-0.3, -0.25) is 9.59 Å². The van der Waals surface area contributed by atoms with E-state index < -0.39 is 9.84 Å². The van der Waals surface area contributed by atoms with E-state index in [-0.39, 0.29) is 23.5 Å². The van der Waals surface area contributed by atoms with Crippen LogP contribution >= 0.6 is 0 Å². The van der Waals surface area contributed by atoms with Gasteiger partial charge in [-0.05, 0) is 12.8 Å². The summed E-state index contributed by atoms with van der Waals surface area (Å²) in [6.07, 6.45) is 2.53. The fraction of sp³-hybridized carbons (Fsp3) is 0.800. The van der Waals surface area contributed by atoms with E-state index in [1.54, 1.807) is 0 Å². The summed E-state index contributed by atoms with van der Waals surface area (Å²) in [6.45, 7) is 0.729. The standard InChI is InChI=1S/C10H18N2O4S/c1-17(15,16)6-2-5-11-10(14)8-3-4-9(13)12-7-8/h8H,2-7H2,1H3,(H,11,14)(H,12,13). The molecular weight excluding hydrogens is 244 g/mol. The van der Waals surface area contributed by atoms with Crippen molar-refractivity contribution in [2.45, 2.75) is 19.3 Å². The van der Waals surface area contributed by atoms with Gasteiger partial charge >= 0.3 is 0 Å². The second-order valence-electron chi connectivity index (χ2n) is 4.31. The Kier molecular flexibility index (Phi) is 4.92. The quantitative estimate of drug-likeness (QED) is 0.626. The lowest BCUT2D eigenvalue weighted by atomic mass is 9.98. The lowest BCUT2D eigenvalue weighted by molar-refractivity contribution is -0.128. The second-order valence-corrected chi connectivity index (χ2v) is 6.57. The van der Waals surface area contributed by atoms with Gasteiger partial charge in [0.15, 0.2) is 0 Å². The maximum absolute atomic E-state index is 11.6. The third-order valence-corrected chi connectivity index (χ3v) is 3.66. The molecule has 0 aromatic carbocycles. The molecule has 0 aliphatic carbocycles. The normalized spacial score (nSPS) is 20.8. The van der Waals surface area contributed by atoms with Gasteiger partial charge < -0.3 is 10.6 Å². The van der Waals surface area contributed by atoms with Crippen LogP contribution in [0.5, 0.6) is 0 Å². The van der Waals surface area contributed by atoms with Gasteiger partial charge in [-0.25, -0.2) is 8.42 Å². The molecule has 1 unspecified atom stereocenters. The van der Waals surface area contributed by atoms with Gasteiger partial charge in [0.25, 0.3) is 0 Å². The summed E-state index contributed by atoms with van der Waals surface area (Å²) in [7, 11) is -2.96. The topological polar surface area (TPSA) is 92.3 Å². The molecule has 1 fully saturated rings. The minimum absolute atomic E-state index is 0.0221. The van der Waals surface area contributed by atoms with Gasteiger partial charge in [0.05, 0.1) is 11.7 Å². The maximum Gasteiger partial charge on any atom is 0.224 e. The van der Waals surface area contributed by atoms with Crippen molar-refractivity contribution in [3.63, 3.8) is 0 Å². The van der Waals surface area contributed by atoms with E-state index in [0.717, 1.165) is 0 Å². The van der Waals surface area contributed by atoms with Crippen LogP contribution < -0.4 is 10.6 Å². The molecule has 0 spiro atoms. The monoisotopic (exact) mass is 262 g/mol. The van der Waals surface area contributed by atoms with Gasteiger partial charge in [0, 0.05) is 25.8 Å². The molecule has 98 valence electrons. The highest BCUT2D eigenvalue weighted by Gasteiger charge is 2.23. The largest absolute Gasteiger partial charge is 0.356 e. The van der Waals surface area contributed by atoms with E-state index in [9.17, 15) is 18.0 Å². The van der Waals surface area contributed by atoms with E-state index in [1.165, 1.54) is 6.26 Å². The zero-order valence-electron chi connectivity index (χ0n) is 9.86. The number of amides is 2. The van der Waals surface area contributed by atoms with Crippen LogP contribution in [0.25, 0.3) is 0 Å². The molecule has 1 aliphatic rings. The van der Waals surface area contributed by atoms with E-state index in [2.05, 4.69) is 10.6 Å². The SMILES string of the molecule is CS(=O)(=O)CCCNC(=O)C1CCC(=O)NC1. The Morgan fingerprint density at radius 1 is 1.53 bits per heavy atom.